The first-order chi connectivity index (χ1) is 13.2. The Morgan fingerprint density at radius 1 is 1.04 bits per heavy atom. The lowest BCUT2D eigenvalue weighted by Crippen LogP contribution is -2.59. The molecule has 0 bridgehead atoms. The quantitative estimate of drug-likeness (QED) is 0.589. The van der Waals surface area contributed by atoms with Gasteiger partial charge in [-0.2, -0.15) is 5.10 Å². The van der Waals surface area contributed by atoms with Crippen molar-refractivity contribution in [1.29, 1.82) is 0 Å². The highest BCUT2D eigenvalue weighted by molar-refractivity contribution is 5.86. The summed E-state index contributed by atoms with van der Waals surface area (Å²) in [5, 5.41) is 13.7. The van der Waals surface area contributed by atoms with Gasteiger partial charge in [0.2, 0.25) is 0 Å². The number of nitrogens with one attached hydrogen (secondary N) is 1. The Bertz CT molecular complexity index is 794. The van der Waals surface area contributed by atoms with Gasteiger partial charge in [-0.05, 0) is 39.8 Å². The molecule has 3 heterocycles. The largest absolute Gasteiger partial charge is 0.507 e. The van der Waals surface area contributed by atoms with E-state index in [1.165, 1.54) is 12.3 Å². The van der Waals surface area contributed by atoms with Crippen molar-refractivity contribution in [2.75, 3.05) is 0 Å². The predicted molar refractivity (Wildman–Crippen MR) is 96.4 cm³/mol. The summed E-state index contributed by atoms with van der Waals surface area (Å²) in [5.41, 5.74) is 2.90. The Balaban J connectivity index is 1.50. The van der Waals surface area contributed by atoms with E-state index in [4.69, 9.17) is 23.7 Å². The molecule has 1 amide bonds. The Morgan fingerprint density at radius 3 is 2.43 bits per heavy atom. The van der Waals surface area contributed by atoms with E-state index in [-0.39, 0.29) is 5.75 Å². The van der Waals surface area contributed by atoms with Crippen LogP contribution < -0.4 is 5.43 Å². The van der Waals surface area contributed by atoms with Crippen LogP contribution in [0.2, 0.25) is 0 Å². The Labute approximate surface area is 162 Å². The zero-order valence-corrected chi connectivity index (χ0v) is 16.1. The lowest BCUT2D eigenvalue weighted by molar-refractivity contribution is -0.231. The topological polar surface area (TPSA) is 108 Å². The highest BCUT2D eigenvalue weighted by Crippen LogP contribution is 2.44. The van der Waals surface area contributed by atoms with Crippen LogP contribution in [0.3, 0.4) is 0 Å². The minimum Gasteiger partial charge on any atom is -0.507 e. The van der Waals surface area contributed by atoms with E-state index in [1.807, 2.05) is 0 Å². The van der Waals surface area contributed by atoms with Crippen LogP contribution in [0.1, 0.15) is 33.3 Å². The average molecular weight is 392 g/mol. The Kier molecular flexibility index (Phi) is 4.67. The first kappa shape index (κ1) is 19.3. The molecule has 5 atom stereocenters. The molecule has 3 aliphatic rings. The molecule has 28 heavy (non-hydrogen) atoms. The van der Waals surface area contributed by atoms with Crippen molar-refractivity contribution < 1.29 is 33.6 Å². The molecular formula is C19H24N2O7. The van der Waals surface area contributed by atoms with E-state index < -0.39 is 48.2 Å². The smallest absolute Gasteiger partial charge is 0.272 e. The molecule has 3 fully saturated rings. The van der Waals surface area contributed by atoms with Crippen LogP contribution in [-0.4, -0.2) is 59.5 Å². The number of benzene rings is 1. The van der Waals surface area contributed by atoms with Crippen molar-refractivity contribution in [3.05, 3.63) is 29.8 Å². The predicted octanol–water partition coefficient (Wildman–Crippen LogP) is 1.24. The molecule has 0 aromatic heterocycles. The number of rotatable bonds is 3. The maximum atomic E-state index is 12.7. The van der Waals surface area contributed by atoms with Gasteiger partial charge >= 0.3 is 0 Å². The number of aromatic hydroxyl groups is 1. The van der Waals surface area contributed by atoms with E-state index in [9.17, 15) is 9.90 Å². The number of hydrogen-bond acceptors (Lipinski definition) is 8. The third-order valence-electron chi connectivity index (χ3n) is 4.73. The van der Waals surface area contributed by atoms with Gasteiger partial charge in [-0.3, -0.25) is 4.79 Å². The summed E-state index contributed by atoms with van der Waals surface area (Å²) in [6.45, 7) is 7.09. The second-order valence-electron chi connectivity index (χ2n) is 7.88. The molecule has 2 N–H and O–H groups in total. The van der Waals surface area contributed by atoms with E-state index in [1.54, 1.807) is 45.9 Å². The van der Waals surface area contributed by atoms with Crippen LogP contribution in [0.25, 0.3) is 0 Å². The molecule has 9 heteroatoms. The number of amides is 1. The highest BCUT2D eigenvalue weighted by Gasteiger charge is 2.62. The third kappa shape index (κ3) is 3.63. The third-order valence-corrected chi connectivity index (χ3v) is 4.73. The van der Waals surface area contributed by atoms with Crippen molar-refractivity contribution in [2.45, 2.75) is 70.0 Å². The number of para-hydroxylation sites is 1. The molecule has 3 aliphatic heterocycles. The van der Waals surface area contributed by atoms with Crippen molar-refractivity contribution >= 4 is 12.1 Å². The van der Waals surface area contributed by atoms with Gasteiger partial charge < -0.3 is 28.8 Å². The summed E-state index contributed by atoms with van der Waals surface area (Å²) in [7, 11) is 0. The van der Waals surface area contributed by atoms with Crippen LogP contribution >= 0.6 is 0 Å². The first-order valence-corrected chi connectivity index (χ1v) is 9.13. The molecular weight excluding hydrogens is 368 g/mol. The zero-order chi connectivity index (χ0) is 20.1. The molecule has 0 aliphatic carbocycles. The number of phenols is 1. The average Bonchev–Trinajstić information content (AvgIpc) is 3.09. The molecule has 0 unspecified atom stereocenters. The van der Waals surface area contributed by atoms with E-state index in [0.717, 1.165) is 0 Å². The monoisotopic (exact) mass is 392 g/mol. The number of hydrazone groups is 1. The summed E-state index contributed by atoms with van der Waals surface area (Å²) < 4.78 is 29.4. The first-order valence-electron chi connectivity index (χ1n) is 9.13. The van der Waals surface area contributed by atoms with Crippen LogP contribution in [-0.2, 0) is 28.5 Å². The number of carbonyl (C=O) groups is 1. The Morgan fingerprint density at radius 2 is 1.68 bits per heavy atom. The molecule has 1 aromatic carbocycles. The molecule has 9 nitrogen and oxygen atoms in total. The van der Waals surface area contributed by atoms with Crippen molar-refractivity contribution in [2.24, 2.45) is 5.10 Å². The fourth-order valence-electron chi connectivity index (χ4n) is 3.65. The summed E-state index contributed by atoms with van der Waals surface area (Å²) in [4.78, 5) is 12.7. The molecule has 1 aromatic rings. The van der Waals surface area contributed by atoms with Gasteiger partial charge in [0.1, 0.15) is 24.1 Å². The summed E-state index contributed by atoms with van der Waals surface area (Å²) >= 11 is 0. The molecule has 0 saturated carbocycles. The molecule has 0 spiro atoms. The minimum absolute atomic E-state index is 0.0605. The molecule has 0 radical (unpaired) electrons. The van der Waals surface area contributed by atoms with E-state index in [2.05, 4.69) is 10.5 Å². The van der Waals surface area contributed by atoms with Crippen molar-refractivity contribution in [3.63, 3.8) is 0 Å². The summed E-state index contributed by atoms with van der Waals surface area (Å²) in [6, 6.07) is 6.65. The fraction of sp³-hybridized carbons (Fsp3) is 0.579. The van der Waals surface area contributed by atoms with E-state index in [0.29, 0.717) is 5.56 Å². The van der Waals surface area contributed by atoms with Crippen molar-refractivity contribution in [3.8, 4) is 5.75 Å². The lowest BCUT2D eigenvalue weighted by Gasteiger charge is -2.36. The number of hydrogen-bond donors (Lipinski definition) is 2. The maximum Gasteiger partial charge on any atom is 0.272 e. The van der Waals surface area contributed by atoms with Gasteiger partial charge in [0.15, 0.2) is 24.0 Å². The van der Waals surface area contributed by atoms with E-state index >= 15 is 0 Å². The Hall–Kier alpha value is -2.04. The second-order valence-corrected chi connectivity index (χ2v) is 7.88. The van der Waals surface area contributed by atoms with Gasteiger partial charge in [0.05, 0.1) is 6.21 Å². The summed E-state index contributed by atoms with van der Waals surface area (Å²) in [6.07, 6.45) is -2.10. The summed E-state index contributed by atoms with van der Waals surface area (Å²) in [5.74, 6) is -2.19. The molecule has 4 rings (SSSR count). The van der Waals surface area contributed by atoms with Gasteiger partial charge in [-0.25, -0.2) is 5.43 Å². The van der Waals surface area contributed by atoms with Gasteiger partial charge in [-0.1, -0.05) is 12.1 Å². The van der Waals surface area contributed by atoms with Gasteiger partial charge in [-0.15, -0.1) is 0 Å². The highest BCUT2D eigenvalue weighted by atomic mass is 16.9. The number of carbonyl (C=O) groups excluding carboxylic acids is 1. The standard InChI is InChI=1S/C19H24N2O7/c1-18(2)25-12-13(26-18)15-17(28-19(3,4)27-15)24-14(12)16(23)21-20-9-10-7-5-6-8-11(10)22/h5-9,12-15,17,22H,1-4H3,(H,21,23)/b20-9+/t12-,13+,14-,15-,17+/m1/s1. The molecule has 152 valence electrons. The number of fused-ring (bicyclic) bond motifs is 3. The second kappa shape index (κ2) is 6.78. The number of phenolic OH excluding ortho intramolecular Hbond substituents is 1. The lowest BCUT2D eigenvalue weighted by atomic mass is 9.98. The maximum absolute atomic E-state index is 12.7. The van der Waals surface area contributed by atoms with Crippen LogP contribution in [0, 0.1) is 0 Å². The normalized spacial score (nSPS) is 35.5. The fourth-order valence-corrected chi connectivity index (χ4v) is 3.65. The number of ether oxygens (including phenoxy) is 5. The van der Waals surface area contributed by atoms with Crippen LogP contribution in [0.4, 0.5) is 0 Å². The zero-order valence-electron chi connectivity index (χ0n) is 16.1. The van der Waals surface area contributed by atoms with Crippen LogP contribution in [0.5, 0.6) is 5.75 Å². The van der Waals surface area contributed by atoms with Crippen LogP contribution in [0.15, 0.2) is 29.4 Å². The SMILES string of the molecule is CC1(C)O[C@H]2[C@@H](O1)[C@H](C(=O)N/N=C/c1ccccc1O)O[C@H]1OC(C)(C)O[C@@H]12. The number of nitrogens with zero attached hydrogens (tertiary/aromatic N) is 1. The van der Waals surface area contributed by atoms with Gasteiger partial charge in [0.25, 0.3) is 5.91 Å². The van der Waals surface area contributed by atoms with Crippen molar-refractivity contribution in [1.82, 2.24) is 5.43 Å². The van der Waals surface area contributed by atoms with Gasteiger partial charge in [0, 0.05) is 5.56 Å². The molecule has 3 saturated heterocycles. The minimum atomic E-state index is -0.993.